The maximum absolute atomic E-state index is 3.75. The first-order valence-corrected chi connectivity index (χ1v) is 8.82. The molecule has 2 heteroatoms. The second-order valence-electron chi connectivity index (χ2n) is 5.95. The van der Waals surface area contributed by atoms with Crippen molar-refractivity contribution in [2.75, 3.05) is 6.54 Å². The van der Waals surface area contributed by atoms with Crippen molar-refractivity contribution >= 4 is 33.4 Å². The molecule has 0 saturated heterocycles. The fraction of sp³-hybridized carbons (Fsp3) is 0.200. The smallest absolute Gasteiger partial charge is 0.0588 e. The Hall–Kier alpha value is -1.39. The molecule has 0 aliphatic carbocycles. The van der Waals surface area contributed by atoms with Gasteiger partial charge in [0.05, 0.1) is 6.04 Å². The van der Waals surface area contributed by atoms with Gasteiger partial charge in [-0.1, -0.05) is 48.5 Å². The lowest BCUT2D eigenvalue weighted by molar-refractivity contribution is 0.568. The number of hydrogen-bond donors (Lipinski definition) is 1. The molecule has 1 aliphatic heterocycles. The van der Waals surface area contributed by atoms with Gasteiger partial charge in [0.1, 0.15) is 0 Å². The molecule has 1 nitrogen and oxygen atoms in total. The Morgan fingerprint density at radius 2 is 1.82 bits per heavy atom. The number of benzene rings is 3. The Labute approximate surface area is 144 Å². The van der Waals surface area contributed by atoms with E-state index in [4.69, 9.17) is 0 Å². The van der Waals surface area contributed by atoms with Crippen LogP contribution in [0.2, 0.25) is 0 Å². The summed E-state index contributed by atoms with van der Waals surface area (Å²) in [5, 5.41) is 6.45. The molecule has 0 saturated carbocycles. The first-order valence-electron chi connectivity index (χ1n) is 7.74. The summed E-state index contributed by atoms with van der Waals surface area (Å²) in [6, 6.07) is 20.2. The molecule has 0 amide bonds. The summed E-state index contributed by atoms with van der Waals surface area (Å²) in [5.74, 6) is 0. The Balaban J connectivity index is 2.01. The van der Waals surface area contributed by atoms with Crippen LogP contribution in [0.3, 0.4) is 0 Å². The first-order chi connectivity index (χ1) is 10.8. The van der Waals surface area contributed by atoms with Crippen LogP contribution in [0.25, 0.3) is 10.8 Å². The van der Waals surface area contributed by atoms with E-state index in [0.29, 0.717) is 6.04 Å². The highest BCUT2D eigenvalue weighted by Crippen LogP contribution is 2.36. The highest BCUT2D eigenvalue weighted by atomic mass is 127. The van der Waals surface area contributed by atoms with E-state index >= 15 is 0 Å². The molecule has 4 rings (SSSR count). The fourth-order valence-corrected chi connectivity index (χ4v) is 4.20. The monoisotopic (exact) mass is 399 g/mol. The van der Waals surface area contributed by atoms with E-state index in [1.54, 1.807) is 0 Å². The normalized spacial score (nSPS) is 17.5. The Morgan fingerprint density at radius 3 is 2.73 bits per heavy atom. The van der Waals surface area contributed by atoms with Crippen LogP contribution in [0.1, 0.15) is 28.3 Å². The zero-order chi connectivity index (χ0) is 15.1. The lowest BCUT2D eigenvalue weighted by Gasteiger charge is -2.30. The summed E-state index contributed by atoms with van der Waals surface area (Å²) >= 11 is 2.47. The van der Waals surface area contributed by atoms with Crippen molar-refractivity contribution in [3.8, 4) is 0 Å². The van der Waals surface area contributed by atoms with E-state index in [1.165, 1.54) is 36.6 Å². The van der Waals surface area contributed by atoms with Crippen molar-refractivity contribution in [1.29, 1.82) is 0 Å². The second-order valence-corrected chi connectivity index (χ2v) is 7.12. The number of fused-ring (bicyclic) bond motifs is 2. The molecule has 3 aromatic carbocycles. The maximum Gasteiger partial charge on any atom is 0.0588 e. The van der Waals surface area contributed by atoms with E-state index < -0.39 is 0 Å². The Morgan fingerprint density at radius 1 is 1.05 bits per heavy atom. The highest BCUT2D eigenvalue weighted by Gasteiger charge is 2.24. The van der Waals surface area contributed by atoms with Crippen LogP contribution < -0.4 is 5.32 Å². The molecular weight excluding hydrogens is 381 g/mol. The van der Waals surface area contributed by atoms with Gasteiger partial charge in [-0.2, -0.15) is 0 Å². The molecule has 0 radical (unpaired) electrons. The van der Waals surface area contributed by atoms with Gasteiger partial charge in [-0.25, -0.2) is 0 Å². The average Bonchev–Trinajstić information content (AvgIpc) is 2.56. The second kappa shape index (κ2) is 5.67. The number of rotatable bonds is 1. The van der Waals surface area contributed by atoms with Gasteiger partial charge in [0.15, 0.2) is 0 Å². The predicted octanol–water partition coefficient (Wildman–Crippen LogP) is 4.99. The van der Waals surface area contributed by atoms with E-state index in [2.05, 4.69) is 89.4 Å². The number of nitrogens with one attached hydrogen (secondary N) is 1. The molecule has 1 aliphatic rings. The Bertz CT molecular complexity index is 853. The molecule has 0 fully saturated rings. The summed E-state index contributed by atoms with van der Waals surface area (Å²) in [4.78, 5) is 0. The summed E-state index contributed by atoms with van der Waals surface area (Å²) in [7, 11) is 0. The third kappa shape index (κ3) is 2.25. The minimum absolute atomic E-state index is 0.296. The maximum atomic E-state index is 3.75. The van der Waals surface area contributed by atoms with Gasteiger partial charge < -0.3 is 5.32 Å². The molecule has 0 bridgehead atoms. The quantitative estimate of drug-likeness (QED) is 0.569. The van der Waals surface area contributed by atoms with Crippen molar-refractivity contribution in [3.63, 3.8) is 0 Å². The molecule has 0 aromatic heterocycles. The minimum Gasteiger partial charge on any atom is -0.306 e. The van der Waals surface area contributed by atoms with Crippen LogP contribution in [-0.4, -0.2) is 6.54 Å². The van der Waals surface area contributed by atoms with Gasteiger partial charge >= 0.3 is 0 Å². The zero-order valence-electron chi connectivity index (χ0n) is 12.6. The van der Waals surface area contributed by atoms with E-state index in [1.807, 2.05) is 0 Å². The standard InChI is InChI=1S/C20H18IN/c1-13-18(21)12-15-7-3-4-8-16(15)19(13)20-17-9-5-2-6-14(17)10-11-22-20/h2-9,12,20,22H,10-11H2,1H3. The minimum atomic E-state index is 0.296. The van der Waals surface area contributed by atoms with Gasteiger partial charge in [0.25, 0.3) is 0 Å². The van der Waals surface area contributed by atoms with Crippen LogP contribution in [0.4, 0.5) is 0 Å². The number of hydrogen-bond acceptors (Lipinski definition) is 1. The SMILES string of the molecule is Cc1c(I)cc2ccccc2c1C1NCCc2ccccc21. The third-order valence-corrected chi connectivity index (χ3v) is 5.81. The summed E-state index contributed by atoms with van der Waals surface area (Å²) in [6.07, 6.45) is 1.12. The first kappa shape index (κ1) is 14.2. The van der Waals surface area contributed by atoms with Crippen molar-refractivity contribution in [1.82, 2.24) is 5.32 Å². The zero-order valence-corrected chi connectivity index (χ0v) is 14.7. The Kier molecular flexibility index (Phi) is 3.66. The molecule has 1 unspecified atom stereocenters. The van der Waals surface area contributed by atoms with Gasteiger partial charge in [0.2, 0.25) is 0 Å². The largest absolute Gasteiger partial charge is 0.306 e. The summed E-state index contributed by atoms with van der Waals surface area (Å²) < 4.78 is 1.34. The van der Waals surface area contributed by atoms with Crippen LogP contribution in [0, 0.1) is 10.5 Å². The summed E-state index contributed by atoms with van der Waals surface area (Å²) in [6.45, 7) is 3.30. The molecule has 22 heavy (non-hydrogen) atoms. The van der Waals surface area contributed by atoms with Gasteiger partial charge in [0, 0.05) is 10.1 Å². The van der Waals surface area contributed by atoms with Crippen LogP contribution in [-0.2, 0) is 6.42 Å². The molecule has 0 spiro atoms. The lowest BCUT2D eigenvalue weighted by atomic mass is 9.85. The molecular formula is C20H18IN. The van der Waals surface area contributed by atoms with Crippen molar-refractivity contribution < 1.29 is 0 Å². The van der Waals surface area contributed by atoms with Gasteiger partial charge in [-0.15, -0.1) is 0 Å². The van der Waals surface area contributed by atoms with E-state index in [-0.39, 0.29) is 0 Å². The van der Waals surface area contributed by atoms with Crippen molar-refractivity contribution in [3.05, 3.63) is 80.4 Å². The van der Waals surface area contributed by atoms with E-state index in [9.17, 15) is 0 Å². The fourth-order valence-electron chi connectivity index (χ4n) is 3.58. The topological polar surface area (TPSA) is 12.0 Å². The third-order valence-electron chi connectivity index (χ3n) is 4.69. The van der Waals surface area contributed by atoms with Crippen LogP contribution in [0.5, 0.6) is 0 Å². The summed E-state index contributed by atoms with van der Waals surface area (Å²) in [5.41, 5.74) is 5.75. The van der Waals surface area contributed by atoms with Crippen LogP contribution >= 0.6 is 22.6 Å². The van der Waals surface area contributed by atoms with Gasteiger partial charge in [-0.3, -0.25) is 0 Å². The highest BCUT2D eigenvalue weighted by molar-refractivity contribution is 14.1. The molecule has 110 valence electrons. The average molecular weight is 399 g/mol. The van der Waals surface area contributed by atoms with Gasteiger partial charge in [-0.05, 0) is 75.0 Å². The lowest BCUT2D eigenvalue weighted by Crippen LogP contribution is -2.31. The van der Waals surface area contributed by atoms with Crippen LogP contribution in [0.15, 0.2) is 54.6 Å². The molecule has 1 heterocycles. The predicted molar refractivity (Wildman–Crippen MR) is 101 cm³/mol. The van der Waals surface area contributed by atoms with E-state index in [0.717, 1.165) is 13.0 Å². The van der Waals surface area contributed by atoms with Crippen molar-refractivity contribution in [2.24, 2.45) is 0 Å². The molecule has 3 aromatic rings. The molecule has 1 N–H and O–H groups in total. The molecule has 1 atom stereocenters. The van der Waals surface area contributed by atoms with Crippen molar-refractivity contribution in [2.45, 2.75) is 19.4 Å². The number of halogens is 1.